The number of ketones is 1. The molecule has 2 aromatic rings. The van der Waals surface area contributed by atoms with Crippen molar-refractivity contribution < 1.29 is 14.3 Å². The first-order chi connectivity index (χ1) is 9.67. The Bertz CT molecular complexity index is 614. The van der Waals surface area contributed by atoms with Crippen LogP contribution in [0.1, 0.15) is 16.2 Å². The zero-order valence-electron chi connectivity index (χ0n) is 11.0. The molecule has 20 heavy (non-hydrogen) atoms. The molecule has 2 rings (SSSR count). The molecule has 0 N–H and O–H groups in total. The Hall–Kier alpha value is -1.99. The first-order valence-electron chi connectivity index (χ1n) is 5.78. The van der Waals surface area contributed by atoms with E-state index in [1.165, 1.54) is 30.4 Å². The number of carbonyl (C=O) groups excluding carboxylic acids is 1. The molecule has 0 aliphatic rings. The van der Waals surface area contributed by atoms with E-state index >= 15 is 0 Å². The van der Waals surface area contributed by atoms with Crippen molar-refractivity contribution in [3.63, 3.8) is 0 Å². The molecule has 0 amide bonds. The van der Waals surface area contributed by atoms with Crippen LogP contribution in [0.2, 0.25) is 5.02 Å². The summed E-state index contributed by atoms with van der Waals surface area (Å²) >= 11 is 6.02. The van der Waals surface area contributed by atoms with Crippen LogP contribution in [-0.2, 0) is 11.3 Å². The number of carbonyl (C=O) groups is 1. The molecule has 0 saturated carbocycles. The topological polar surface area (TPSA) is 79.1 Å². The molecule has 0 aliphatic heterocycles. The summed E-state index contributed by atoms with van der Waals surface area (Å²) in [5, 5.41) is 4.32. The minimum atomic E-state index is -0.343. The van der Waals surface area contributed by atoms with Gasteiger partial charge in [0.1, 0.15) is 17.7 Å². The van der Waals surface area contributed by atoms with E-state index in [-0.39, 0.29) is 22.2 Å². The van der Waals surface area contributed by atoms with Crippen molar-refractivity contribution >= 4 is 17.4 Å². The van der Waals surface area contributed by atoms with Gasteiger partial charge < -0.3 is 9.47 Å². The number of hydrogen-bond acceptors (Lipinski definition) is 6. The van der Waals surface area contributed by atoms with Crippen molar-refractivity contribution in [2.75, 3.05) is 20.8 Å². The second-order valence-corrected chi connectivity index (χ2v) is 4.24. The third kappa shape index (κ3) is 2.94. The van der Waals surface area contributed by atoms with Crippen LogP contribution in [0.25, 0.3) is 0 Å². The molecule has 0 aliphatic carbocycles. The van der Waals surface area contributed by atoms with E-state index < -0.39 is 0 Å². The molecule has 0 spiro atoms. The van der Waals surface area contributed by atoms with Gasteiger partial charge in [-0.1, -0.05) is 11.6 Å². The molecular weight excluding hydrogens is 284 g/mol. The summed E-state index contributed by atoms with van der Waals surface area (Å²) in [4.78, 5) is 20.2. The highest BCUT2D eigenvalue weighted by molar-refractivity contribution is 6.34. The van der Waals surface area contributed by atoms with E-state index in [1.807, 2.05) is 0 Å². The van der Waals surface area contributed by atoms with Gasteiger partial charge >= 0.3 is 0 Å². The maximum absolute atomic E-state index is 12.4. The molecule has 0 atom stereocenters. The number of methoxy groups -OCH3 is 2. The van der Waals surface area contributed by atoms with Crippen LogP contribution < -0.4 is 4.74 Å². The molecule has 0 radical (unpaired) electrons. The van der Waals surface area contributed by atoms with E-state index in [9.17, 15) is 4.79 Å². The Labute approximate surface area is 120 Å². The highest BCUT2D eigenvalue weighted by atomic mass is 35.5. The van der Waals surface area contributed by atoms with Gasteiger partial charge in [-0.15, -0.1) is 0 Å². The smallest absolute Gasteiger partial charge is 0.231 e. The van der Waals surface area contributed by atoms with Gasteiger partial charge in [-0.3, -0.25) is 9.48 Å². The van der Waals surface area contributed by atoms with Gasteiger partial charge in [0.2, 0.25) is 11.7 Å². The first kappa shape index (κ1) is 14.4. The lowest BCUT2D eigenvalue weighted by atomic mass is 10.2. The maximum atomic E-state index is 12.4. The van der Waals surface area contributed by atoms with E-state index in [0.29, 0.717) is 19.0 Å². The summed E-state index contributed by atoms with van der Waals surface area (Å²) in [5.41, 5.74) is 0.461. The van der Waals surface area contributed by atoms with Crippen LogP contribution in [0.15, 0.2) is 18.6 Å². The number of nitrogens with zero attached hydrogens (tertiary/aromatic N) is 4. The summed E-state index contributed by atoms with van der Waals surface area (Å²) in [6.45, 7) is 0.845. The molecule has 0 aromatic carbocycles. The fraction of sp³-hybridized carbons (Fsp3) is 0.333. The third-order valence-electron chi connectivity index (χ3n) is 2.60. The average Bonchev–Trinajstić information content (AvgIpc) is 2.85. The van der Waals surface area contributed by atoms with E-state index in [0.717, 1.165) is 0 Å². The molecule has 106 valence electrons. The van der Waals surface area contributed by atoms with Gasteiger partial charge in [0, 0.05) is 13.2 Å². The van der Waals surface area contributed by atoms with Gasteiger partial charge in [0.05, 0.1) is 31.5 Å². The van der Waals surface area contributed by atoms with Crippen molar-refractivity contribution in [3.05, 3.63) is 35.0 Å². The van der Waals surface area contributed by atoms with Gasteiger partial charge in [0.25, 0.3) is 0 Å². The minimum Gasteiger partial charge on any atom is -0.481 e. The van der Waals surface area contributed by atoms with Crippen LogP contribution in [0.4, 0.5) is 0 Å². The number of rotatable bonds is 6. The predicted molar refractivity (Wildman–Crippen MR) is 71.1 cm³/mol. The van der Waals surface area contributed by atoms with Crippen LogP contribution in [0.5, 0.6) is 5.88 Å². The monoisotopic (exact) mass is 296 g/mol. The SMILES string of the molecule is COCCn1ncc(Cl)c1C(=O)c1cc(OC)ncn1. The molecule has 2 aromatic heterocycles. The fourth-order valence-corrected chi connectivity index (χ4v) is 1.86. The average molecular weight is 297 g/mol. The van der Waals surface area contributed by atoms with Crippen molar-refractivity contribution in [3.8, 4) is 5.88 Å². The molecule has 0 unspecified atom stereocenters. The largest absolute Gasteiger partial charge is 0.481 e. The lowest BCUT2D eigenvalue weighted by Gasteiger charge is -2.07. The summed E-state index contributed by atoms with van der Waals surface area (Å²) < 4.78 is 11.4. The molecular formula is C12H13ClN4O3. The Balaban J connectivity index is 2.34. The summed E-state index contributed by atoms with van der Waals surface area (Å²) in [6.07, 6.45) is 2.68. The number of aromatic nitrogens is 4. The van der Waals surface area contributed by atoms with Gasteiger partial charge in [0.15, 0.2) is 0 Å². The van der Waals surface area contributed by atoms with Crippen LogP contribution in [0.3, 0.4) is 0 Å². The van der Waals surface area contributed by atoms with Crippen LogP contribution in [0, 0.1) is 0 Å². The van der Waals surface area contributed by atoms with Crippen molar-refractivity contribution in [1.82, 2.24) is 19.7 Å². The second kappa shape index (κ2) is 6.44. The quantitative estimate of drug-likeness (QED) is 0.746. The van der Waals surface area contributed by atoms with Gasteiger partial charge in [-0.2, -0.15) is 5.10 Å². The standard InChI is InChI=1S/C12H13ClN4O3/c1-19-4-3-17-11(8(13)6-16-17)12(18)9-5-10(20-2)15-7-14-9/h5-7H,3-4H2,1-2H3. The van der Waals surface area contributed by atoms with Crippen molar-refractivity contribution in [2.24, 2.45) is 0 Å². The molecule has 0 saturated heterocycles. The zero-order valence-corrected chi connectivity index (χ0v) is 11.8. The fourth-order valence-electron chi connectivity index (χ4n) is 1.63. The molecule has 8 heteroatoms. The zero-order chi connectivity index (χ0) is 14.5. The molecule has 0 fully saturated rings. The lowest BCUT2D eigenvalue weighted by Crippen LogP contribution is -2.15. The Morgan fingerprint density at radius 1 is 1.40 bits per heavy atom. The van der Waals surface area contributed by atoms with Gasteiger partial charge in [-0.05, 0) is 0 Å². The van der Waals surface area contributed by atoms with E-state index in [4.69, 9.17) is 21.1 Å². The third-order valence-corrected chi connectivity index (χ3v) is 2.88. The molecule has 0 bridgehead atoms. The second-order valence-electron chi connectivity index (χ2n) is 3.83. The van der Waals surface area contributed by atoms with Gasteiger partial charge in [-0.25, -0.2) is 9.97 Å². The summed E-state index contributed by atoms with van der Waals surface area (Å²) in [7, 11) is 3.04. The predicted octanol–water partition coefficient (Wildman–Crippen LogP) is 1.21. The summed E-state index contributed by atoms with van der Waals surface area (Å²) in [5.74, 6) is -0.0354. The number of ether oxygens (including phenoxy) is 2. The van der Waals surface area contributed by atoms with Crippen LogP contribution in [-0.4, -0.2) is 46.4 Å². The van der Waals surface area contributed by atoms with Crippen LogP contribution >= 0.6 is 11.6 Å². The minimum absolute atomic E-state index is 0.193. The maximum Gasteiger partial charge on any atom is 0.231 e. The van der Waals surface area contributed by atoms with Crippen molar-refractivity contribution in [1.29, 1.82) is 0 Å². The summed E-state index contributed by atoms with van der Waals surface area (Å²) in [6, 6.07) is 1.45. The first-order valence-corrected chi connectivity index (χ1v) is 6.16. The molecule has 7 nitrogen and oxygen atoms in total. The molecule has 2 heterocycles. The highest BCUT2D eigenvalue weighted by Crippen LogP contribution is 2.19. The Morgan fingerprint density at radius 3 is 2.90 bits per heavy atom. The Kier molecular flexibility index (Phi) is 4.65. The number of hydrogen-bond donors (Lipinski definition) is 0. The van der Waals surface area contributed by atoms with E-state index in [1.54, 1.807) is 7.11 Å². The van der Waals surface area contributed by atoms with Crippen molar-refractivity contribution in [2.45, 2.75) is 6.54 Å². The Morgan fingerprint density at radius 2 is 2.20 bits per heavy atom. The highest BCUT2D eigenvalue weighted by Gasteiger charge is 2.21. The normalized spacial score (nSPS) is 10.6. The van der Waals surface area contributed by atoms with E-state index in [2.05, 4.69) is 15.1 Å². The lowest BCUT2D eigenvalue weighted by molar-refractivity contribution is 0.102. The number of halogens is 1.